The predicted molar refractivity (Wildman–Crippen MR) is 55.0 cm³/mol. The van der Waals surface area contributed by atoms with E-state index in [-0.39, 0.29) is 5.28 Å². The first-order chi connectivity index (χ1) is 6.17. The molecule has 0 unspecified atom stereocenters. The summed E-state index contributed by atoms with van der Waals surface area (Å²) in [5.41, 5.74) is 5.54. The molecular weight excluding hydrogens is 188 g/mol. The Hall–Kier alpha value is -1.03. The van der Waals surface area contributed by atoms with Gasteiger partial charge in [-0.25, -0.2) is 9.97 Å². The average Bonchev–Trinajstić information content (AvgIpc) is 2.04. The summed E-state index contributed by atoms with van der Waals surface area (Å²) in [4.78, 5) is 9.93. The molecule has 5 heteroatoms. The first kappa shape index (κ1) is 10.1. The molecule has 0 amide bonds. The van der Waals surface area contributed by atoms with Crippen molar-refractivity contribution in [1.82, 2.24) is 9.97 Å². The van der Waals surface area contributed by atoms with Crippen LogP contribution in [0.15, 0.2) is 6.07 Å². The van der Waals surface area contributed by atoms with Crippen LogP contribution in [0.3, 0.4) is 0 Å². The Labute approximate surface area is 82.7 Å². The van der Waals surface area contributed by atoms with E-state index < -0.39 is 0 Å². The molecule has 1 rings (SSSR count). The number of nitrogens with zero attached hydrogens (tertiary/aromatic N) is 3. The first-order valence-corrected chi connectivity index (χ1v) is 4.60. The Morgan fingerprint density at radius 1 is 1.38 bits per heavy atom. The van der Waals surface area contributed by atoms with Gasteiger partial charge in [0.1, 0.15) is 11.6 Å². The minimum atomic E-state index is 0.196. The highest BCUT2D eigenvalue weighted by molar-refractivity contribution is 6.28. The summed E-state index contributed by atoms with van der Waals surface area (Å²) in [6, 6.07) is 1.72. The van der Waals surface area contributed by atoms with Crippen molar-refractivity contribution in [3.8, 4) is 0 Å². The zero-order valence-corrected chi connectivity index (χ0v) is 8.54. The van der Waals surface area contributed by atoms with Crippen molar-refractivity contribution in [1.29, 1.82) is 0 Å². The summed E-state index contributed by atoms with van der Waals surface area (Å²) in [6.07, 6.45) is 0. The van der Waals surface area contributed by atoms with Gasteiger partial charge in [-0.2, -0.15) is 0 Å². The minimum Gasteiger partial charge on any atom is -0.383 e. The van der Waals surface area contributed by atoms with Crippen LogP contribution in [0.25, 0.3) is 0 Å². The first-order valence-electron chi connectivity index (χ1n) is 4.22. The highest BCUT2D eigenvalue weighted by atomic mass is 35.5. The molecule has 0 aliphatic heterocycles. The van der Waals surface area contributed by atoms with Gasteiger partial charge in [0.2, 0.25) is 5.28 Å². The largest absolute Gasteiger partial charge is 0.383 e. The summed E-state index contributed by atoms with van der Waals surface area (Å²) in [5.74, 6) is 1.18. The van der Waals surface area contributed by atoms with Gasteiger partial charge in [0.25, 0.3) is 0 Å². The molecule has 0 atom stereocenters. The van der Waals surface area contributed by atoms with E-state index in [9.17, 15) is 0 Å². The molecule has 0 aliphatic rings. The van der Waals surface area contributed by atoms with Crippen LogP contribution >= 0.6 is 11.6 Å². The molecule has 1 aromatic heterocycles. The van der Waals surface area contributed by atoms with Crippen molar-refractivity contribution < 1.29 is 0 Å². The molecule has 0 radical (unpaired) electrons. The highest BCUT2D eigenvalue weighted by Crippen LogP contribution is 2.15. The molecule has 0 bridgehead atoms. The summed E-state index contributed by atoms with van der Waals surface area (Å²) < 4.78 is 0. The predicted octanol–water partition coefficient (Wildman–Crippen LogP) is 1.56. The number of aromatic nitrogens is 2. The lowest BCUT2D eigenvalue weighted by Crippen LogP contribution is -2.23. The van der Waals surface area contributed by atoms with Crippen LogP contribution in [0.5, 0.6) is 0 Å². The molecule has 2 N–H and O–H groups in total. The van der Waals surface area contributed by atoms with Gasteiger partial charge in [0, 0.05) is 19.2 Å². The van der Waals surface area contributed by atoms with E-state index in [0.717, 1.165) is 18.9 Å². The van der Waals surface area contributed by atoms with Crippen molar-refractivity contribution in [3.05, 3.63) is 11.3 Å². The Morgan fingerprint density at radius 3 is 2.46 bits per heavy atom. The Balaban J connectivity index is 2.99. The molecule has 0 spiro atoms. The summed E-state index contributed by atoms with van der Waals surface area (Å²) in [5, 5.41) is 0.196. The smallest absolute Gasteiger partial charge is 0.226 e. The van der Waals surface area contributed by atoms with E-state index in [1.54, 1.807) is 6.07 Å². The highest BCUT2D eigenvalue weighted by Gasteiger charge is 2.05. The number of hydrogen-bond acceptors (Lipinski definition) is 4. The molecule has 0 saturated carbocycles. The second kappa shape index (κ2) is 4.28. The molecule has 0 aliphatic carbocycles. The fraction of sp³-hybridized carbons (Fsp3) is 0.500. The van der Waals surface area contributed by atoms with Gasteiger partial charge in [0.15, 0.2) is 0 Å². The number of hydrogen-bond donors (Lipinski definition) is 1. The third-order valence-electron chi connectivity index (χ3n) is 1.79. The monoisotopic (exact) mass is 200 g/mol. The van der Waals surface area contributed by atoms with E-state index in [1.807, 2.05) is 0 Å². The number of anilines is 2. The van der Waals surface area contributed by atoms with E-state index in [0.29, 0.717) is 5.82 Å². The zero-order chi connectivity index (χ0) is 9.84. The third kappa shape index (κ3) is 2.45. The molecule has 0 aromatic carbocycles. The molecule has 13 heavy (non-hydrogen) atoms. The second-order valence-electron chi connectivity index (χ2n) is 2.59. The maximum absolute atomic E-state index is 5.68. The van der Waals surface area contributed by atoms with Gasteiger partial charge in [-0.3, -0.25) is 0 Å². The van der Waals surface area contributed by atoms with Gasteiger partial charge >= 0.3 is 0 Å². The number of halogens is 1. The van der Waals surface area contributed by atoms with Gasteiger partial charge in [-0.15, -0.1) is 0 Å². The minimum absolute atomic E-state index is 0.196. The standard InChI is InChI=1S/C8H13ClN4/c1-3-13(4-2)7-5-6(10)11-8(9)12-7/h5H,3-4H2,1-2H3,(H2,10,11,12). The van der Waals surface area contributed by atoms with Crippen LogP contribution in [0.1, 0.15) is 13.8 Å². The van der Waals surface area contributed by atoms with E-state index in [2.05, 4.69) is 28.7 Å². The summed E-state index contributed by atoms with van der Waals surface area (Å²) in [6.45, 7) is 5.86. The normalized spacial score (nSPS) is 10.1. The van der Waals surface area contributed by atoms with Crippen LogP contribution in [0, 0.1) is 0 Å². The fourth-order valence-corrected chi connectivity index (χ4v) is 1.32. The molecular formula is C8H13ClN4. The second-order valence-corrected chi connectivity index (χ2v) is 2.93. The topological polar surface area (TPSA) is 55.0 Å². The number of nitrogens with two attached hydrogens (primary N) is 1. The molecule has 0 fully saturated rings. The van der Waals surface area contributed by atoms with Gasteiger partial charge < -0.3 is 10.6 Å². The van der Waals surface area contributed by atoms with Gasteiger partial charge in [0.05, 0.1) is 0 Å². The summed E-state index contributed by atoms with van der Waals surface area (Å²) >= 11 is 5.68. The van der Waals surface area contributed by atoms with E-state index in [1.165, 1.54) is 0 Å². The molecule has 4 nitrogen and oxygen atoms in total. The van der Waals surface area contributed by atoms with Crippen molar-refractivity contribution in [2.45, 2.75) is 13.8 Å². The zero-order valence-electron chi connectivity index (χ0n) is 7.79. The van der Waals surface area contributed by atoms with Gasteiger partial charge in [-0.05, 0) is 25.4 Å². The van der Waals surface area contributed by atoms with Gasteiger partial charge in [-0.1, -0.05) is 0 Å². The average molecular weight is 201 g/mol. The molecule has 0 saturated heterocycles. The lowest BCUT2D eigenvalue weighted by atomic mass is 10.4. The van der Waals surface area contributed by atoms with Crippen molar-refractivity contribution in [2.75, 3.05) is 23.7 Å². The maximum atomic E-state index is 5.68. The quantitative estimate of drug-likeness (QED) is 0.753. The molecule has 1 aromatic rings. The van der Waals surface area contributed by atoms with Crippen LogP contribution in [-0.2, 0) is 0 Å². The molecule has 72 valence electrons. The third-order valence-corrected chi connectivity index (χ3v) is 1.96. The van der Waals surface area contributed by atoms with E-state index >= 15 is 0 Å². The lowest BCUT2D eigenvalue weighted by Gasteiger charge is -2.19. The lowest BCUT2D eigenvalue weighted by molar-refractivity contribution is 0.842. The van der Waals surface area contributed by atoms with E-state index in [4.69, 9.17) is 17.3 Å². The number of rotatable bonds is 3. The SMILES string of the molecule is CCN(CC)c1cc(N)nc(Cl)n1. The molecule has 1 heterocycles. The van der Waals surface area contributed by atoms with Crippen LogP contribution < -0.4 is 10.6 Å². The Morgan fingerprint density at radius 2 is 2.00 bits per heavy atom. The maximum Gasteiger partial charge on any atom is 0.226 e. The summed E-state index contributed by atoms with van der Waals surface area (Å²) in [7, 11) is 0. The van der Waals surface area contributed by atoms with Crippen LogP contribution in [-0.4, -0.2) is 23.1 Å². The Bertz CT molecular complexity index is 265. The fourth-order valence-electron chi connectivity index (χ4n) is 1.13. The van der Waals surface area contributed by atoms with Crippen molar-refractivity contribution >= 4 is 23.2 Å². The van der Waals surface area contributed by atoms with Crippen LogP contribution in [0.2, 0.25) is 5.28 Å². The van der Waals surface area contributed by atoms with Crippen molar-refractivity contribution in [2.24, 2.45) is 0 Å². The Kier molecular flexibility index (Phi) is 3.31. The van der Waals surface area contributed by atoms with Crippen molar-refractivity contribution in [3.63, 3.8) is 0 Å². The van der Waals surface area contributed by atoms with Crippen LogP contribution in [0.4, 0.5) is 11.6 Å². The number of nitrogen functional groups attached to an aromatic ring is 1.